The lowest BCUT2D eigenvalue weighted by molar-refractivity contribution is 0.0889. The van der Waals surface area contributed by atoms with Crippen molar-refractivity contribution in [2.24, 2.45) is 5.92 Å². The van der Waals surface area contributed by atoms with Gasteiger partial charge in [0.05, 0.1) is 0 Å². The molecule has 0 amide bonds. The summed E-state index contributed by atoms with van der Waals surface area (Å²) < 4.78 is 7.51. The highest BCUT2D eigenvalue weighted by Gasteiger charge is 2.26. The number of ether oxygens (including phenoxy) is 1. The van der Waals surface area contributed by atoms with Crippen LogP contribution in [0.5, 0.6) is 5.75 Å². The van der Waals surface area contributed by atoms with Crippen LogP contribution in [0.3, 0.4) is 0 Å². The van der Waals surface area contributed by atoms with Gasteiger partial charge in [0.15, 0.2) is 0 Å². The minimum Gasteiger partial charge on any atom is -0.490 e. The van der Waals surface area contributed by atoms with E-state index in [1.54, 1.807) is 0 Å². The molecular formula is C17H26BrNO. The first-order valence-corrected chi connectivity index (χ1v) is 8.58. The Morgan fingerprint density at radius 2 is 2.10 bits per heavy atom. The fraction of sp³-hybridized carbons (Fsp3) is 0.647. The van der Waals surface area contributed by atoms with Crippen LogP contribution >= 0.6 is 15.9 Å². The fourth-order valence-electron chi connectivity index (χ4n) is 3.08. The van der Waals surface area contributed by atoms with Crippen LogP contribution in [0.15, 0.2) is 22.7 Å². The van der Waals surface area contributed by atoms with E-state index in [-0.39, 0.29) is 0 Å². The van der Waals surface area contributed by atoms with E-state index >= 15 is 0 Å². The van der Waals surface area contributed by atoms with Crippen LogP contribution < -0.4 is 10.1 Å². The van der Waals surface area contributed by atoms with Gasteiger partial charge < -0.3 is 10.1 Å². The highest BCUT2D eigenvalue weighted by molar-refractivity contribution is 9.10. The lowest BCUT2D eigenvalue weighted by Crippen LogP contribution is -2.30. The van der Waals surface area contributed by atoms with Gasteiger partial charge in [0.25, 0.3) is 0 Å². The van der Waals surface area contributed by atoms with E-state index in [0.29, 0.717) is 18.1 Å². The Balaban J connectivity index is 2.20. The summed E-state index contributed by atoms with van der Waals surface area (Å²) in [6.45, 7) is 4.46. The standard InChI is InChI=1S/C17H26BrNO/c1-4-13-7-5-6-8-16(13)20-17-11-14(18)9-10-15(17)12(2)19-3/h9-13,16,19H,4-8H2,1-3H3. The molecule has 1 saturated carbocycles. The summed E-state index contributed by atoms with van der Waals surface area (Å²) in [5, 5.41) is 3.31. The SMILES string of the molecule is CCC1CCCCC1Oc1cc(Br)ccc1C(C)NC. The summed E-state index contributed by atoms with van der Waals surface area (Å²) in [6, 6.07) is 6.67. The Kier molecular flexibility index (Phi) is 5.91. The summed E-state index contributed by atoms with van der Waals surface area (Å²) in [5.41, 5.74) is 1.25. The van der Waals surface area contributed by atoms with Crippen LogP contribution in [0.2, 0.25) is 0 Å². The maximum absolute atomic E-state index is 6.42. The van der Waals surface area contributed by atoms with Crippen molar-refractivity contribution in [3.8, 4) is 5.75 Å². The van der Waals surface area contributed by atoms with Crippen LogP contribution in [0, 0.1) is 5.92 Å². The van der Waals surface area contributed by atoms with E-state index in [0.717, 1.165) is 10.2 Å². The molecule has 0 bridgehead atoms. The van der Waals surface area contributed by atoms with Crippen LogP contribution in [-0.2, 0) is 0 Å². The second-order valence-corrected chi connectivity index (χ2v) is 6.72. The Labute approximate surface area is 131 Å². The van der Waals surface area contributed by atoms with Crippen LogP contribution in [0.1, 0.15) is 57.6 Å². The lowest BCUT2D eigenvalue weighted by atomic mass is 9.84. The number of hydrogen-bond acceptors (Lipinski definition) is 2. The highest BCUT2D eigenvalue weighted by Crippen LogP contribution is 2.34. The molecule has 1 aromatic rings. The van der Waals surface area contributed by atoms with Gasteiger partial charge in [0, 0.05) is 16.1 Å². The first-order chi connectivity index (χ1) is 9.65. The molecule has 2 rings (SSSR count). The molecule has 1 N–H and O–H groups in total. The predicted octanol–water partition coefficient (Wildman–Crippen LogP) is 5.08. The van der Waals surface area contributed by atoms with Gasteiger partial charge in [-0.3, -0.25) is 0 Å². The van der Waals surface area contributed by atoms with Gasteiger partial charge in [-0.1, -0.05) is 35.3 Å². The number of nitrogens with one attached hydrogen (secondary N) is 1. The second-order valence-electron chi connectivity index (χ2n) is 5.80. The summed E-state index contributed by atoms with van der Waals surface area (Å²) in [4.78, 5) is 0. The van der Waals surface area contributed by atoms with Gasteiger partial charge in [-0.05, 0) is 57.7 Å². The zero-order chi connectivity index (χ0) is 14.5. The molecule has 0 aliphatic heterocycles. The van der Waals surface area contributed by atoms with E-state index in [1.165, 1.54) is 37.7 Å². The van der Waals surface area contributed by atoms with E-state index in [1.807, 2.05) is 7.05 Å². The molecule has 2 nitrogen and oxygen atoms in total. The van der Waals surface area contributed by atoms with Gasteiger partial charge in [-0.15, -0.1) is 0 Å². The van der Waals surface area contributed by atoms with E-state index in [4.69, 9.17) is 4.74 Å². The third kappa shape index (κ3) is 3.76. The van der Waals surface area contributed by atoms with Crippen molar-refractivity contribution in [2.75, 3.05) is 7.05 Å². The van der Waals surface area contributed by atoms with Crippen molar-refractivity contribution in [3.05, 3.63) is 28.2 Å². The Morgan fingerprint density at radius 1 is 1.35 bits per heavy atom. The van der Waals surface area contributed by atoms with Gasteiger partial charge >= 0.3 is 0 Å². The Bertz CT molecular complexity index is 435. The summed E-state index contributed by atoms with van der Waals surface area (Å²) in [5.74, 6) is 1.74. The molecule has 0 radical (unpaired) electrons. The molecule has 112 valence electrons. The van der Waals surface area contributed by atoms with Crippen LogP contribution in [-0.4, -0.2) is 13.2 Å². The van der Waals surface area contributed by atoms with Gasteiger partial charge in [-0.2, -0.15) is 0 Å². The smallest absolute Gasteiger partial charge is 0.125 e. The third-order valence-corrected chi connectivity index (χ3v) is 5.01. The minimum absolute atomic E-state index is 0.307. The molecule has 20 heavy (non-hydrogen) atoms. The lowest BCUT2D eigenvalue weighted by Gasteiger charge is -2.32. The van der Waals surface area contributed by atoms with Crippen molar-refractivity contribution in [1.82, 2.24) is 5.32 Å². The highest BCUT2D eigenvalue weighted by atomic mass is 79.9. The van der Waals surface area contributed by atoms with Crippen molar-refractivity contribution >= 4 is 15.9 Å². The Hall–Kier alpha value is -0.540. The average Bonchev–Trinajstić information content (AvgIpc) is 2.47. The van der Waals surface area contributed by atoms with Crippen molar-refractivity contribution in [1.29, 1.82) is 0 Å². The monoisotopic (exact) mass is 339 g/mol. The van der Waals surface area contributed by atoms with E-state index in [9.17, 15) is 0 Å². The first kappa shape index (κ1) is 15.8. The zero-order valence-corrected chi connectivity index (χ0v) is 14.4. The molecule has 1 aliphatic carbocycles. The largest absolute Gasteiger partial charge is 0.490 e. The van der Waals surface area contributed by atoms with Crippen LogP contribution in [0.4, 0.5) is 0 Å². The summed E-state index contributed by atoms with van der Waals surface area (Å²) in [7, 11) is 1.99. The second kappa shape index (κ2) is 7.46. The zero-order valence-electron chi connectivity index (χ0n) is 12.8. The van der Waals surface area contributed by atoms with E-state index < -0.39 is 0 Å². The minimum atomic E-state index is 0.307. The number of rotatable bonds is 5. The van der Waals surface area contributed by atoms with Crippen molar-refractivity contribution in [2.45, 2.75) is 58.1 Å². The molecule has 3 atom stereocenters. The quantitative estimate of drug-likeness (QED) is 0.807. The molecule has 0 heterocycles. The molecule has 0 aromatic heterocycles. The Morgan fingerprint density at radius 3 is 2.80 bits per heavy atom. The predicted molar refractivity (Wildman–Crippen MR) is 88.3 cm³/mol. The third-order valence-electron chi connectivity index (χ3n) is 4.52. The molecule has 0 spiro atoms. The normalized spacial score (nSPS) is 24.4. The molecule has 1 aromatic carbocycles. The van der Waals surface area contributed by atoms with Gasteiger partial charge in [-0.25, -0.2) is 0 Å². The molecule has 1 fully saturated rings. The van der Waals surface area contributed by atoms with E-state index in [2.05, 4.69) is 53.3 Å². The molecule has 0 saturated heterocycles. The maximum Gasteiger partial charge on any atom is 0.125 e. The van der Waals surface area contributed by atoms with Crippen LogP contribution in [0.25, 0.3) is 0 Å². The molecule has 3 unspecified atom stereocenters. The topological polar surface area (TPSA) is 21.3 Å². The summed E-state index contributed by atoms with van der Waals surface area (Å²) in [6.07, 6.45) is 6.76. The molecular weight excluding hydrogens is 314 g/mol. The van der Waals surface area contributed by atoms with Gasteiger partial charge in [0.1, 0.15) is 11.9 Å². The average molecular weight is 340 g/mol. The molecule has 3 heteroatoms. The molecule has 1 aliphatic rings. The number of halogens is 1. The van der Waals surface area contributed by atoms with Gasteiger partial charge in [0.2, 0.25) is 0 Å². The number of hydrogen-bond donors (Lipinski definition) is 1. The van der Waals surface area contributed by atoms with Crippen molar-refractivity contribution in [3.63, 3.8) is 0 Å². The fourth-order valence-corrected chi connectivity index (χ4v) is 3.42. The maximum atomic E-state index is 6.42. The first-order valence-electron chi connectivity index (χ1n) is 7.79. The van der Waals surface area contributed by atoms with Crippen molar-refractivity contribution < 1.29 is 4.74 Å². The number of benzene rings is 1. The summed E-state index contributed by atoms with van der Waals surface area (Å²) >= 11 is 3.56.